The minimum Gasteiger partial charge on any atom is -0.384 e. The van der Waals surface area contributed by atoms with Crippen LogP contribution >= 0.6 is 0 Å². The highest BCUT2D eigenvalue weighted by Crippen LogP contribution is 2.29. The van der Waals surface area contributed by atoms with E-state index < -0.39 is 12.0 Å². The van der Waals surface area contributed by atoms with E-state index in [-0.39, 0.29) is 17.7 Å². The molecule has 6 nitrogen and oxygen atoms in total. The standard InChI is InChI=1S/C12H14F3N5O/c1-5(10-6(2)20-21-7(10)3)17-9-4-8(16)18-11(19-9)12(13,14)15/h4-5H,1-3H3,(H3,16,17,18,19). The number of alkyl halides is 3. The van der Waals surface area contributed by atoms with Gasteiger partial charge in [0, 0.05) is 11.6 Å². The second kappa shape index (κ2) is 5.23. The van der Waals surface area contributed by atoms with E-state index >= 15 is 0 Å². The summed E-state index contributed by atoms with van der Waals surface area (Å²) in [6.45, 7) is 5.24. The van der Waals surface area contributed by atoms with Crippen LogP contribution in [0.2, 0.25) is 0 Å². The summed E-state index contributed by atoms with van der Waals surface area (Å²) in [7, 11) is 0. The summed E-state index contributed by atoms with van der Waals surface area (Å²) in [4.78, 5) is 6.62. The number of halogens is 3. The van der Waals surface area contributed by atoms with Crippen molar-refractivity contribution in [2.75, 3.05) is 11.1 Å². The van der Waals surface area contributed by atoms with Gasteiger partial charge in [-0.3, -0.25) is 0 Å². The number of aryl methyl sites for hydroxylation is 2. The Morgan fingerprint density at radius 1 is 1.29 bits per heavy atom. The largest absolute Gasteiger partial charge is 0.451 e. The van der Waals surface area contributed by atoms with Crippen LogP contribution in [0.3, 0.4) is 0 Å². The molecule has 2 heterocycles. The predicted octanol–water partition coefficient (Wildman–Crippen LogP) is 2.86. The smallest absolute Gasteiger partial charge is 0.384 e. The lowest BCUT2D eigenvalue weighted by Crippen LogP contribution is -2.16. The zero-order valence-electron chi connectivity index (χ0n) is 11.6. The van der Waals surface area contributed by atoms with E-state index in [2.05, 4.69) is 20.4 Å². The minimum atomic E-state index is -4.65. The fourth-order valence-corrected chi connectivity index (χ4v) is 2.07. The Labute approximate surface area is 118 Å². The van der Waals surface area contributed by atoms with Crippen molar-refractivity contribution in [2.24, 2.45) is 0 Å². The summed E-state index contributed by atoms with van der Waals surface area (Å²) in [5.74, 6) is -0.963. The molecule has 0 fully saturated rings. The van der Waals surface area contributed by atoms with Gasteiger partial charge in [0.05, 0.1) is 11.7 Å². The van der Waals surface area contributed by atoms with Gasteiger partial charge in [-0.15, -0.1) is 0 Å². The first-order valence-corrected chi connectivity index (χ1v) is 6.09. The molecule has 0 bridgehead atoms. The van der Waals surface area contributed by atoms with Crippen molar-refractivity contribution in [1.29, 1.82) is 0 Å². The molecule has 1 unspecified atom stereocenters. The normalized spacial score (nSPS) is 13.2. The number of aromatic nitrogens is 3. The number of anilines is 2. The quantitative estimate of drug-likeness (QED) is 0.906. The Morgan fingerprint density at radius 2 is 1.95 bits per heavy atom. The van der Waals surface area contributed by atoms with Crippen LogP contribution in [0.5, 0.6) is 0 Å². The monoisotopic (exact) mass is 301 g/mol. The van der Waals surface area contributed by atoms with Crippen molar-refractivity contribution in [3.63, 3.8) is 0 Å². The van der Waals surface area contributed by atoms with Gasteiger partial charge in [-0.25, -0.2) is 9.97 Å². The molecular weight excluding hydrogens is 287 g/mol. The van der Waals surface area contributed by atoms with Crippen molar-refractivity contribution in [2.45, 2.75) is 33.0 Å². The summed E-state index contributed by atoms with van der Waals surface area (Å²) in [5, 5.41) is 6.65. The third kappa shape index (κ3) is 3.23. The number of nitrogens with zero attached hydrogens (tertiary/aromatic N) is 3. The highest BCUT2D eigenvalue weighted by atomic mass is 19.4. The van der Waals surface area contributed by atoms with Crippen LogP contribution in [0.1, 0.15) is 35.8 Å². The Morgan fingerprint density at radius 3 is 2.48 bits per heavy atom. The summed E-state index contributed by atoms with van der Waals surface area (Å²) >= 11 is 0. The van der Waals surface area contributed by atoms with Crippen LogP contribution in [0.15, 0.2) is 10.6 Å². The van der Waals surface area contributed by atoms with Crippen molar-refractivity contribution in [3.05, 3.63) is 28.9 Å². The van der Waals surface area contributed by atoms with Crippen molar-refractivity contribution in [1.82, 2.24) is 15.1 Å². The molecule has 3 N–H and O–H groups in total. The van der Waals surface area contributed by atoms with Crippen molar-refractivity contribution < 1.29 is 17.7 Å². The lowest BCUT2D eigenvalue weighted by atomic mass is 10.1. The van der Waals surface area contributed by atoms with E-state index in [9.17, 15) is 13.2 Å². The van der Waals surface area contributed by atoms with Crippen molar-refractivity contribution >= 4 is 11.6 Å². The van der Waals surface area contributed by atoms with E-state index in [4.69, 9.17) is 10.3 Å². The third-order valence-corrected chi connectivity index (χ3v) is 2.89. The molecule has 1 atom stereocenters. The highest BCUT2D eigenvalue weighted by Gasteiger charge is 2.35. The number of hydrogen-bond donors (Lipinski definition) is 2. The summed E-state index contributed by atoms with van der Waals surface area (Å²) in [6, 6.07) is 0.899. The first-order valence-electron chi connectivity index (χ1n) is 6.09. The van der Waals surface area contributed by atoms with E-state index in [0.29, 0.717) is 11.5 Å². The van der Waals surface area contributed by atoms with Gasteiger partial charge in [0.2, 0.25) is 5.82 Å². The van der Waals surface area contributed by atoms with E-state index in [0.717, 1.165) is 5.56 Å². The average Bonchev–Trinajstić information content (AvgIpc) is 2.67. The van der Waals surface area contributed by atoms with Crippen LogP contribution < -0.4 is 11.1 Å². The van der Waals surface area contributed by atoms with E-state index in [1.807, 2.05) is 0 Å². The molecule has 2 rings (SSSR count). The molecule has 0 aliphatic heterocycles. The van der Waals surface area contributed by atoms with Crippen LogP contribution in [-0.4, -0.2) is 15.1 Å². The van der Waals surface area contributed by atoms with Gasteiger partial charge in [-0.05, 0) is 20.8 Å². The van der Waals surface area contributed by atoms with Crippen LogP contribution in [-0.2, 0) is 6.18 Å². The van der Waals surface area contributed by atoms with Crippen LogP contribution in [0.25, 0.3) is 0 Å². The highest BCUT2D eigenvalue weighted by molar-refractivity contribution is 5.47. The molecule has 2 aromatic rings. The molecule has 0 amide bonds. The van der Waals surface area contributed by atoms with E-state index in [1.54, 1.807) is 20.8 Å². The molecule has 0 aliphatic carbocycles. The van der Waals surface area contributed by atoms with Crippen LogP contribution in [0.4, 0.5) is 24.8 Å². The lowest BCUT2D eigenvalue weighted by Gasteiger charge is -2.15. The molecule has 0 aliphatic rings. The number of hydrogen-bond acceptors (Lipinski definition) is 6. The average molecular weight is 301 g/mol. The van der Waals surface area contributed by atoms with E-state index in [1.165, 1.54) is 6.07 Å². The molecule has 0 radical (unpaired) electrons. The second-order valence-electron chi connectivity index (χ2n) is 4.60. The summed E-state index contributed by atoms with van der Waals surface area (Å²) < 4.78 is 43.0. The lowest BCUT2D eigenvalue weighted by molar-refractivity contribution is -0.144. The molecular formula is C12H14F3N5O. The molecule has 2 aromatic heterocycles. The first kappa shape index (κ1) is 15.1. The zero-order chi connectivity index (χ0) is 15.8. The van der Waals surface area contributed by atoms with Crippen LogP contribution in [0, 0.1) is 13.8 Å². The molecule has 0 saturated heterocycles. The fraction of sp³-hybridized carbons (Fsp3) is 0.417. The Hall–Kier alpha value is -2.32. The summed E-state index contributed by atoms with van der Waals surface area (Å²) in [6.07, 6.45) is -4.65. The molecule has 0 saturated carbocycles. The first-order chi connectivity index (χ1) is 9.68. The summed E-state index contributed by atoms with van der Waals surface area (Å²) in [5.41, 5.74) is 6.81. The molecule has 0 aromatic carbocycles. The number of nitrogens with one attached hydrogen (secondary N) is 1. The maximum Gasteiger partial charge on any atom is 0.451 e. The van der Waals surface area contributed by atoms with Gasteiger partial charge < -0.3 is 15.6 Å². The van der Waals surface area contributed by atoms with Gasteiger partial charge in [-0.2, -0.15) is 13.2 Å². The topological polar surface area (TPSA) is 89.9 Å². The zero-order valence-corrected chi connectivity index (χ0v) is 11.6. The van der Waals surface area contributed by atoms with Gasteiger partial charge in [-0.1, -0.05) is 5.16 Å². The molecule has 114 valence electrons. The van der Waals surface area contributed by atoms with Gasteiger partial charge in [0.25, 0.3) is 0 Å². The Bertz CT molecular complexity index is 633. The van der Waals surface area contributed by atoms with Gasteiger partial charge in [0.1, 0.15) is 17.4 Å². The van der Waals surface area contributed by atoms with Gasteiger partial charge in [0.15, 0.2) is 0 Å². The number of nitrogens with two attached hydrogens (primary N) is 1. The SMILES string of the molecule is Cc1noc(C)c1C(C)Nc1cc(N)nc(C(F)(F)F)n1. The predicted molar refractivity (Wildman–Crippen MR) is 69.5 cm³/mol. The minimum absolute atomic E-state index is 0.0117. The second-order valence-corrected chi connectivity index (χ2v) is 4.60. The molecule has 21 heavy (non-hydrogen) atoms. The third-order valence-electron chi connectivity index (χ3n) is 2.89. The van der Waals surface area contributed by atoms with Crippen molar-refractivity contribution in [3.8, 4) is 0 Å². The molecule has 9 heteroatoms. The molecule has 0 spiro atoms. The number of nitrogen functional groups attached to an aromatic ring is 1. The van der Waals surface area contributed by atoms with Gasteiger partial charge >= 0.3 is 6.18 Å². The Balaban J connectivity index is 2.30. The maximum absolute atomic E-state index is 12.7. The maximum atomic E-state index is 12.7. The number of rotatable bonds is 3. The fourth-order valence-electron chi connectivity index (χ4n) is 2.07. The Kier molecular flexibility index (Phi) is 3.75.